The third kappa shape index (κ3) is 1.47. The monoisotopic (exact) mass is 252 g/mol. The molecular formula is C15H24O3. The number of allylic oxidation sites excluding steroid dienone is 1. The Bertz CT molecular complexity index is 356. The van der Waals surface area contributed by atoms with E-state index in [-0.39, 0.29) is 23.5 Å². The highest BCUT2D eigenvalue weighted by molar-refractivity contribution is 5.19. The Labute approximate surface area is 109 Å². The highest BCUT2D eigenvalue weighted by Gasteiger charge is 2.68. The van der Waals surface area contributed by atoms with Crippen LogP contribution in [0.15, 0.2) is 12.7 Å². The molecule has 3 fully saturated rings. The van der Waals surface area contributed by atoms with E-state index in [1.807, 2.05) is 6.08 Å². The minimum Gasteiger partial charge on any atom is -0.393 e. The number of hydrogen-bond donors (Lipinski definition) is 2. The quantitative estimate of drug-likeness (QED) is 0.738. The number of aliphatic hydroxyl groups excluding tert-OH is 1. The van der Waals surface area contributed by atoms with Crippen molar-refractivity contribution in [3.63, 3.8) is 0 Å². The molecular weight excluding hydrogens is 228 g/mol. The minimum absolute atomic E-state index is 0.216. The summed E-state index contributed by atoms with van der Waals surface area (Å²) >= 11 is 0. The normalized spacial score (nSPS) is 55.1. The fraction of sp³-hybridized carbons (Fsp3) is 0.867. The van der Waals surface area contributed by atoms with E-state index in [1.165, 1.54) is 0 Å². The van der Waals surface area contributed by atoms with E-state index < -0.39 is 5.60 Å². The molecule has 2 N–H and O–H groups in total. The van der Waals surface area contributed by atoms with Crippen molar-refractivity contribution in [3.8, 4) is 0 Å². The van der Waals surface area contributed by atoms with Crippen molar-refractivity contribution >= 4 is 0 Å². The maximum Gasteiger partial charge on any atom is 0.100 e. The van der Waals surface area contributed by atoms with Crippen LogP contribution in [0, 0.1) is 17.8 Å². The Morgan fingerprint density at radius 1 is 1.44 bits per heavy atom. The van der Waals surface area contributed by atoms with Crippen LogP contribution in [0.3, 0.4) is 0 Å². The molecule has 0 radical (unpaired) electrons. The van der Waals surface area contributed by atoms with Crippen molar-refractivity contribution in [2.24, 2.45) is 17.8 Å². The highest BCUT2D eigenvalue weighted by atomic mass is 16.5. The lowest BCUT2D eigenvalue weighted by atomic mass is 9.66. The van der Waals surface area contributed by atoms with Gasteiger partial charge in [0.15, 0.2) is 0 Å². The molecule has 0 aromatic carbocycles. The Morgan fingerprint density at radius 3 is 2.94 bits per heavy atom. The fourth-order valence-corrected chi connectivity index (χ4v) is 4.78. The maximum absolute atomic E-state index is 11.0. The van der Waals surface area contributed by atoms with Gasteiger partial charge in [-0.25, -0.2) is 0 Å². The van der Waals surface area contributed by atoms with Crippen LogP contribution in [0.1, 0.15) is 39.0 Å². The number of rotatable bonds is 2. The molecule has 6 atom stereocenters. The van der Waals surface area contributed by atoms with E-state index in [1.54, 1.807) is 0 Å². The van der Waals surface area contributed by atoms with Crippen molar-refractivity contribution in [1.82, 2.24) is 0 Å². The van der Waals surface area contributed by atoms with E-state index >= 15 is 0 Å². The van der Waals surface area contributed by atoms with Gasteiger partial charge in [-0.2, -0.15) is 0 Å². The van der Waals surface area contributed by atoms with Crippen molar-refractivity contribution < 1.29 is 14.9 Å². The summed E-state index contributed by atoms with van der Waals surface area (Å²) in [7, 11) is 0. The van der Waals surface area contributed by atoms with Gasteiger partial charge in [0.1, 0.15) is 5.60 Å². The van der Waals surface area contributed by atoms with E-state index in [9.17, 15) is 10.2 Å². The third-order valence-corrected chi connectivity index (χ3v) is 5.68. The smallest absolute Gasteiger partial charge is 0.100 e. The third-order valence-electron chi connectivity index (χ3n) is 5.68. The number of aliphatic hydroxyl groups is 2. The minimum atomic E-state index is -0.667. The van der Waals surface area contributed by atoms with E-state index in [2.05, 4.69) is 13.5 Å². The predicted molar refractivity (Wildman–Crippen MR) is 69.1 cm³/mol. The molecule has 1 aliphatic heterocycles. The molecule has 0 bridgehead atoms. The topological polar surface area (TPSA) is 49.7 Å². The first-order valence-corrected chi connectivity index (χ1v) is 7.18. The summed E-state index contributed by atoms with van der Waals surface area (Å²) < 4.78 is 6.07. The molecule has 1 unspecified atom stereocenters. The predicted octanol–water partition coefficient (Wildman–Crippen LogP) is 1.88. The first-order chi connectivity index (χ1) is 8.52. The molecule has 0 aromatic rings. The molecule has 0 amide bonds. The maximum atomic E-state index is 11.0. The summed E-state index contributed by atoms with van der Waals surface area (Å²) in [6.45, 7) is 6.56. The van der Waals surface area contributed by atoms with Gasteiger partial charge in [0.25, 0.3) is 0 Å². The zero-order valence-corrected chi connectivity index (χ0v) is 11.1. The molecule has 3 rings (SSSR count). The largest absolute Gasteiger partial charge is 0.393 e. The molecule has 1 saturated heterocycles. The van der Waals surface area contributed by atoms with Crippen molar-refractivity contribution in [1.29, 1.82) is 0 Å². The molecule has 1 heterocycles. The van der Waals surface area contributed by atoms with Gasteiger partial charge in [0.2, 0.25) is 0 Å². The first kappa shape index (κ1) is 12.6. The Hall–Kier alpha value is -0.380. The summed E-state index contributed by atoms with van der Waals surface area (Å²) in [6.07, 6.45) is 5.72. The molecule has 18 heavy (non-hydrogen) atoms. The second kappa shape index (κ2) is 4.06. The highest BCUT2D eigenvalue weighted by Crippen LogP contribution is 2.61. The zero-order valence-electron chi connectivity index (χ0n) is 11.1. The molecule has 3 nitrogen and oxygen atoms in total. The number of ether oxygens (including phenoxy) is 1. The van der Waals surface area contributed by atoms with E-state index in [4.69, 9.17) is 4.74 Å². The summed E-state index contributed by atoms with van der Waals surface area (Å²) in [6, 6.07) is 0. The second-order valence-corrected chi connectivity index (χ2v) is 6.60. The second-order valence-electron chi connectivity index (χ2n) is 6.60. The molecule has 1 spiro atoms. The summed E-state index contributed by atoms with van der Waals surface area (Å²) in [5.74, 6) is 0.914. The van der Waals surface area contributed by atoms with Crippen LogP contribution in [0.5, 0.6) is 0 Å². The van der Waals surface area contributed by atoms with Crippen molar-refractivity contribution in [2.45, 2.75) is 56.3 Å². The Balaban J connectivity index is 1.96. The summed E-state index contributed by atoms with van der Waals surface area (Å²) in [5.41, 5.74) is -1.06. The molecule has 0 aromatic heterocycles. The summed E-state index contributed by atoms with van der Waals surface area (Å²) in [5, 5.41) is 21.1. The Morgan fingerprint density at radius 2 is 2.22 bits per heavy atom. The molecule has 102 valence electrons. The van der Waals surface area contributed by atoms with Crippen LogP contribution in [-0.4, -0.2) is 34.1 Å². The van der Waals surface area contributed by atoms with Gasteiger partial charge in [-0.15, -0.1) is 6.58 Å². The first-order valence-electron chi connectivity index (χ1n) is 7.18. The molecule has 3 heteroatoms. The van der Waals surface area contributed by atoms with Gasteiger partial charge in [-0.3, -0.25) is 0 Å². The lowest BCUT2D eigenvalue weighted by molar-refractivity contribution is -0.167. The number of hydrogen-bond acceptors (Lipinski definition) is 3. The van der Waals surface area contributed by atoms with Gasteiger partial charge in [-0.1, -0.05) is 13.0 Å². The molecule has 2 saturated carbocycles. The van der Waals surface area contributed by atoms with Crippen LogP contribution >= 0.6 is 0 Å². The Kier molecular flexibility index (Phi) is 2.85. The summed E-state index contributed by atoms with van der Waals surface area (Å²) in [4.78, 5) is 0. The zero-order chi connectivity index (χ0) is 13.0. The van der Waals surface area contributed by atoms with E-state index in [0.29, 0.717) is 12.5 Å². The van der Waals surface area contributed by atoms with Crippen LogP contribution in [-0.2, 0) is 4.74 Å². The fourth-order valence-electron chi connectivity index (χ4n) is 4.78. The van der Waals surface area contributed by atoms with Crippen LogP contribution in [0.25, 0.3) is 0 Å². The van der Waals surface area contributed by atoms with Crippen molar-refractivity contribution in [2.75, 3.05) is 6.61 Å². The van der Waals surface area contributed by atoms with Gasteiger partial charge >= 0.3 is 0 Å². The SMILES string of the molecule is C=CC[C@@H]1C[C@]2(O)CCO[C@@]23C[C@@H](C)[C@H](O)CC13. The average Bonchev–Trinajstić information content (AvgIpc) is 2.71. The molecule has 2 aliphatic carbocycles. The van der Waals surface area contributed by atoms with Gasteiger partial charge in [0.05, 0.1) is 18.3 Å². The van der Waals surface area contributed by atoms with Crippen LogP contribution in [0.4, 0.5) is 0 Å². The lowest BCUT2D eigenvalue weighted by Crippen LogP contribution is -2.56. The van der Waals surface area contributed by atoms with Crippen LogP contribution < -0.4 is 0 Å². The average molecular weight is 252 g/mol. The van der Waals surface area contributed by atoms with Crippen LogP contribution in [0.2, 0.25) is 0 Å². The van der Waals surface area contributed by atoms with E-state index in [0.717, 1.165) is 32.1 Å². The standard InChI is InChI=1S/C15H24O3/c1-3-4-11-9-14(17)5-6-18-15(14)8-10(2)13(16)7-12(11)15/h3,10-13,16-17H,1,4-9H2,2H3/t10-,11-,12?,13-,14-,15-/m1/s1. The lowest BCUT2D eigenvalue weighted by Gasteiger charge is -2.47. The van der Waals surface area contributed by atoms with Gasteiger partial charge in [-0.05, 0) is 43.4 Å². The van der Waals surface area contributed by atoms with Gasteiger partial charge in [0, 0.05) is 6.42 Å². The molecule has 3 aliphatic rings. The van der Waals surface area contributed by atoms with Gasteiger partial charge < -0.3 is 14.9 Å². The van der Waals surface area contributed by atoms with Crippen molar-refractivity contribution in [3.05, 3.63) is 12.7 Å².